The van der Waals surface area contributed by atoms with Crippen molar-refractivity contribution in [3.63, 3.8) is 0 Å². The summed E-state index contributed by atoms with van der Waals surface area (Å²) in [6, 6.07) is 10.3. The van der Waals surface area contributed by atoms with E-state index in [-0.39, 0.29) is 0 Å². The maximum absolute atomic E-state index is 5.79. The normalized spacial score (nSPS) is 11.3. The van der Waals surface area contributed by atoms with Crippen molar-refractivity contribution in [2.75, 3.05) is 33.5 Å². The van der Waals surface area contributed by atoms with Crippen LogP contribution in [0.5, 0.6) is 5.75 Å². The van der Waals surface area contributed by atoms with E-state index >= 15 is 0 Å². The fourth-order valence-corrected chi connectivity index (χ4v) is 4.28. The number of para-hydroxylation sites is 1. The largest absolute Gasteiger partial charge is 0.495 e. The second-order valence-electron chi connectivity index (χ2n) is 5.51. The molecule has 0 unspecified atom stereocenters. The number of rotatable bonds is 6. The van der Waals surface area contributed by atoms with Crippen LogP contribution in [-0.4, -0.2) is 43.4 Å². The van der Waals surface area contributed by atoms with Crippen molar-refractivity contribution >= 4 is 34.0 Å². The Labute approximate surface area is 145 Å². The molecule has 2 heterocycles. The van der Waals surface area contributed by atoms with E-state index in [9.17, 15) is 0 Å². The number of aromatic nitrogens is 1. The minimum Gasteiger partial charge on any atom is -0.495 e. The first-order chi connectivity index (χ1) is 11.2. The molecule has 3 rings (SSSR count). The molecule has 0 bridgehead atoms. The number of hydrogen-bond donors (Lipinski definition) is 0. The molecule has 3 nitrogen and oxygen atoms in total. The third-order valence-corrected chi connectivity index (χ3v) is 5.24. The maximum Gasteiger partial charge on any atom is 0.138 e. The molecule has 0 aliphatic rings. The van der Waals surface area contributed by atoms with Crippen molar-refractivity contribution in [2.45, 2.75) is 5.03 Å². The summed E-state index contributed by atoms with van der Waals surface area (Å²) in [5.41, 5.74) is 3.27. The van der Waals surface area contributed by atoms with Gasteiger partial charge in [0.25, 0.3) is 0 Å². The van der Waals surface area contributed by atoms with Gasteiger partial charge >= 0.3 is 0 Å². The van der Waals surface area contributed by atoms with Crippen molar-refractivity contribution in [1.29, 1.82) is 0 Å². The lowest BCUT2D eigenvalue weighted by Crippen LogP contribution is -2.14. The zero-order chi connectivity index (χ0) is 16.2. The molecular formula is C18H20N2OS2. The highest BCUT2D eigenvalue weighted by molar-refractivity contribution is 7.99. The molecular weight excluding hydrogens is 324 g/mol. The number of thioether (sulfide) groups is 1. The quantitative estimate of drug-likeness (QED) is 0.609. The molecule has 23 heavy (non-hydrogen) atoms. The number of ether oxygens (including phenoxy) is 1. The number of pyridine rings is 1. The average Bonchev–Trinajstić information content (AvgIpc) is 3.07. The van der Waals surface area contributed by atoms with Gasteiger partial charge in [-0.05, 0) is 48.6 Å². The van der Waals surface area contributed by atoms with Crippen molar-refractivity contribution < 1.29 is 4.74 Å². The van der Waals surface area contributed by atoms with Gasteiger partial charge in [0.05, 0.1) is 18.2 Å². The summed E-state index contributed by atoms with van der Waals surface area (Å²) in [6.07, 6.45) is 0. The van der Waals surface area contributed by atoms with Crippen molar-refractivity contribution in [1.82, 2.24) is 9.88 Å². The van der Waals surface area contributed by atoms with Gasteiger partial charge in [-0.25, -0.2) is 4.98 Å². The lowest BCUT2D eigenvalue weighted by Gasteiger charge is -2.16. The highest BCUT2D eigenvalue weighted by Gasteiger charge is 2.18. The summed E-state index contributed by atoms with van der Waals surface area (Å²) >= 11 is 3.49. The lowest BCUT2D eigenvalue weighted by atomic mass is 10.1. The summed E-state index contributed by atoms with van der Waals surface area (Å²) in [6.45, 7) is 1.02. The van der Waals surface area contributed by atoms with Gasteiger partial charge in [0.2, 0.25) is 0 Å². The molecule has 0 saturated carbocycles. The molecule has 0 N–H and O–H groups in total. The zero-order valence-corrected chi connectivity index (χ0v) is 15.2. The van der Waals surface area contributed by atoms with E-state index in [1.165, 1.54) is 5.56 Å². The topological polar surface area (TPSA) is 25.4 Å². The highest BCUT2D eigenvalue weighted by Crippen LogP contribution is 2.42. The van der Waals surface area contributed by atoms with Gasteiger partial charge in [-0.2, -0.15) is 11.3 Å². The molecule has 5 heteroatoms. The van der Waals surface area contributed by atoms with Crippen LogP contribution in [0.25, 0.3) is 22.0 Å². The number of nitrogens with zero attached hydrogens (tertiary/aromatic N) is 2. The van der Waals surface area contributed by atoms with Crippen LogP contribution in [0.4, 0.5) is 0 Å². The fourth-order valence-electron chi connectivity index (χ4n) is 2.46. The van der Waals surface area contributed by atoms with Crippen LogP contribution in [0.2, 0.25) is 0 Å². The van der Waals surface area contributed by atoms with Gasteiger partial charge < -0.3 is 9.64 Å². The van der Waals surface area contributed by atoms with E-state index in [1.54, 1.807) is 30.2 Å². The Morgan fingerprint density at radius 2 is 2.04 bits per heavy atom. The molecule has 1 aromatic carbocycles. The van der Waals surface area contributed by atoms with Gasteiger partial charge in [0, 0.05) is 17.7 Å². The molecule has 0 aliphatic carbocycles. The number of benzene rings is 1. The second-order valence-corrected chi connectivity index (χ2v) is 7.37. The fraction of sp³-hybridized carbons (Fsp3) is 0.278. The Balaban J connectivity index is 2.13. The van der Waals surface area contributed by atoms with E-state index in [2.05, 4.69) is 41.9 Å². The minimum absolute atomic E-state index is 0.918. The molecule has 0 saturated heterocycles. The first kappa shape index (κ1) is 16.3. The predicted molar refractivity (Wildman–Crippen MR) is 101 cm³/mol. The lowest BCUT2D eigenvalue weighted by molar-refractivity contribution is 0.420. The third-order valence-electron chi connectivity index (χ3n) is 3.60. The summed E-state index contributed by atoms with van der Waals surface area (Å²) in [5, 5.41) is 6.36. The molecule has 2 aromatic heterocycles. The summed E-state index contributed by atoms with van der Waals surface area (Å²) in [4.78, 5) is 7.10. The van der Waals surface area contributed by atoms with Gasteiger partial charge in [-0.3, -0.25) is 0 Å². The van der Waals surface area contributed by atoms with Crippen molar-refractivity contribution in [3.05, 3.63) is 41.1 Å². The number of hydrogen-bond acceptors (Lipinski definition) is 5. The number of thiophene rings is 1. The van der Waals surface area contributed by atoms with Gasteiger partial charge in [-0.1, -0.05) is 12.1 Å². The van der Waals surface area contributed by atoms with E-state index in [0.29, 0.717) is 0 Å². The Morgan fingerprint density at radius 1 is 1.22 bits per heavy atom. The van der Waals surface area contributed by atoms with Crippen molar-refractivity contribution in [3.8, 4) is 16.9 Å². The van der Waals surface area contributed by atoms with Crippen LogP contribution < -0.4 is 4.74 Å². The van der Waals surface area contributed by atoms with Crippen LogP contribution >= 0.6 is 23.1 Å². The SMILES string of the molecule is COc1c(-c2ccsc2)c(SCCN(C)C)nc2ccccc12. The summed E-state index contributed by atoms with van der Waals surface area (Å²) in [5.74, 6) is 1.92. The molecule has 0 aliphatic heterocycles. The Bertz CT molecular complexity index is 785. The zero-order valence-electron chi connectivity index (χ0n) is 13.6. The van der Waals surface area contributed by atoms with Crippen LogP contribution in [-0.2, 0) is 0 Å². The Kier molecular flexibility index (Phi) is 5.20. The molecule has 0 atom stereocenters. The van der Waals surface area contributed by atoms with Gasteiger partial charge in [-0.15, -0.1) is 11.8 Å². The maximum atomic E-state index is 5.79. The van der Waals surface area contributed by atoms with Crippen LogP contribution in [0.3, 0.4) is 0 Å². The average molecular weight is 345 g/mol. The predicted octanol–water partition coefficient (Wildman–Crippen LogP) is 4.63. The first-order valence-electron chi connectivity index (χ1n) is 7.47. The number of methoxy groups -OCH3 is 1. The van der Waals surface area contributed by atoms with Gasteiger partial charge in [0.15, 0.2) is 0 Å². The molecule has 0 fully saturated rings. The standard InChI is InChI=1S/C18H20N2OS2/c1-20(2)9-11-23-18-16(13-8-10-22-12-13)17(21-3)14-6-4-5-7-15(14)19-18/h4-8,10,12H,9,11H2,1-3H3. The third kappa shape index (κ3) is 3.52. The first-order valence-corrected chi connectivity index (χ1v) is 9.40. The van der Waals surface area contributed by atoms with Crippen LogP contribution in [0.15, 0.2) is 46.1 Å². The molecule has 0 spiro atoms. The Morgan fingerprint density at radius 3 is 2.74 bits per heavy atom. The summed E-state index contributed by atoms with van der Waals surface area (Å²) in [7, 11) is 5.93. The molecule has 3 aromatic rings. The monoisotopic (exact) mass is 344 g/mol. The number of fused-ring (bicyclic) bond motifs is 1. The smallest absolute Gasteiger partial charge is 0.138 e. The highest BCUT2D eigenvalue weighted by atomic mass is 32.2. The van der Waals surface area contributed by atoms with Crippen molar-refractivity contribution in [2.24, 2.45) is 0 Å². The van der Waals surface area contributed by atoms with Crippen LogP contribution in [0, 0.1) is 0 Å². The second kappa shape index (κ2) is 7.34. The Hall–Kier alpha value is -1.56. The molecule has 0 amide bonds. The minimum atomic E-state index is 0.918. The van der Waals surface area contributed by atoms with Crippen LogP contribution in [0.1, 0.15) is 0 Å². The van der Waals surface area contributed by atoms with E-state index in [4.69, 9.17) is 9.72 Å². The van der Waals surface area contributed by atoms with E-state index in [0.717, 1.165) is 39.5 Å². The summed E-state index contributed by atoms with van der Waals surface area (Å²) < 4.78 is 5.79. The molecule has 0 radical (unpaired) electrons. The van der Waals surface area contributed by atoms with E-state index in [1.807, 2.05) is 18.2 Å². The van der Waals surface area contributed by atoms with E-state index < -0.39 is 0 Å². The molecule has 120 valence electrons. The van der Waals surface area contributed by atoms with Gasteiger partial charge in [0.1, 0.15) is 10.8 Å².